The van der Waals surface area contributed by atoms with Crippen LogP contribution in [0.4, 0.5) is 4.79 Å². The molecule has 1 saturated carbocycles. The summed E-state index contributed by atoms with van der Waals surface area (Å²) in [5, 5.41) is 5.44. The van der Waals surface area contributed by atoms with E-state index in [0.717, 1.165) is 32.1 Å². The van der Waals surface area contributed by atoms with E-state index in [-0.39, 0.29) is 24.4 Å². The first-order valence-electron chi connectivity index (χ1n) is 10.1. The summed E-state index contributed by atoms with van der Waals surface area (Å²) >= 11 is 0. The van der Waals surface area contributed by atoms with Gasteiger partial charge in [-0.15, -0.1) is 0 Å². The Balaban J connectivity index is 1.44. The maximum Gasteiger partial charge on any atom is 0.321 e. The number of rotatable bonds is 6. The quantitative estimate of drug-likeness (QED) is 0.693. The first-order chi connectivity index (χ1) is 14.4. The Hall–Kier alpha value is -3.23. The zero-order valence-electron chi connectivity index (χ0n) is 17.0. The molecule has 0 bridgehead atoms. The lowest BCUT2D eigenvalue weighted by Gasteiger charge is -2.22. The lowest BCUT2D eigenvalue weighted by atomic mass is 9.96. The Morgan fingerprint density at radius 3 is 2.67 bits per heavy atom. The van der Waals surface area contributed by atoms with Gasteiger partial charge >= 0.3 is 12.0 Å². The fraction of sp³-hybridized carbons (Fsp3) is 0.476. The van der Waals surface area contributed by atoms with Crippen molar-refractivity contribution in [1.82, 2.24) is 20.2 Å². The van der Waals surface area contributed by atoms with Gasteiger partial charge in [0.25, 0.3) is 11.5 Å². The number of nitrogens with one attached hydrogen (secondary N) is 2. The number of carbonyl (C=O) groups excluding carboxylic acids is 3. The van der Waals surface area contributed by atoms with Gasteiger partial charge in [0.15, 0.2) is 6.61 Å². The molecule has 0 atom stereocenters. The van der Waals surface area contributed by atoms with Crippen LogP contribution in [0.5, 0.6) is 0 Å². The van der Waals surface area contributed by atoms with Gasteiger partial charge in [-0.25, -0.2) is 9.78 Å². The molecule has 0 saturated heterocycles. The first kappa shape index (κ1) is 21.5. The van der Waals surface area contributed by atoms with Crippen LogP contribution in [-0.2, 0) is 27.8 Å². The van der Waals surface area contributed by atoms with Crippen LogP contribution in [0.2, 0.25) is 0 Å². The molecule has 2 aromatic rings. The molecular formula is C21H26N4O5. The maximum atomic E-state index is 12.4. The summed E-state index contributed by atoms with van der Waals surface area (Å²) in [5.41, 5.74) is 0.375. The molecule has 9 heteroatoms. The molecule has 0 unspecified atom stereocenters. The second-order valence-corrected chi connectivity index (χ2v) is 7.43. The van der Waals surface area contributed by atoms with Gasteiger partial charge in [-0.1, -0.05) is 31.4 Å². The summed E-state index contributed by atoms with van der Waals surface area (Å²) in [6, 6.07) is 6.50. The second kappa shape index (κ2) is 10.00. The molecule has 0 radical (unpaired) electrons. The number of benzene rings is 1. The van der Waals surface area contributed by atoms with Gasteiger partial charge in [0.05, 0.1) is 17.3 Å². The van der Waals surface area contributed by atoms with Crippen LogP contribution in [0.3, 0.4) is 0 Å². The Morgan fingerprint density at radius 2 is 1.90 bits per heavy atom. The van der Waals surface area contributed by atoms with E-state index in [1.807, 2.05) is 0 Å². The fourth-order valence-electron chi connectivity index (χ4n) is 3.55. The van der Waals surface area contributed by atoms with Gasteiger partial charge in [-0.2, -0.15) is 0 Å². The molecule has 3 rings (SSSR count). The second-order valence-electron chi connectivity index (χ2n) is 7.43. The summed E-state index contributed by atoms with van der Waals surface area (Å²) < 4.78 is 6.33. The topological polar surface area (TPSA) is 119 Å². The highest BCUT2D eigenvalue weighted by Crippen LogP contribution is 2.17. The van der Waals surface area contributed by atoms with Crippen LogP contribution in [0.15, 0.2) is 29.1 Å². The van der Waals surface area contributed by atoms with E-state index in [2.05, 4.69) is 15.6 Å². The molecule has 160 valence electrons. The van der Waals surface area contributed by atoms with Gasteiger partial charge < -0.3 is 10.1 Å². The van der Waals surface area contributed by atoms with Crippen LogP contribution >= 0.6 is 0 Å². The van der Waals surface area contributed by atoms with Crippen LogP contribution in [-0.4, -0.2) is 40.1 Å². The van der Waals surface area contributed by atoms with Crippen LogP contribution in [0, 0.1) is 0 Å². The smallest absolute Gasteiger partial charge is 0.321 e. The standard InChI is InChI=1S/C21H26N4O5/c1-25-17(23-16-10-6-5-9-15(16)20(25)28)11-12-19(27)30-13-18(26)24-21(29)22-14-7-3-2-4-8-14/h5-6,9-10,14H,2-4,7-8,11-13H2,1H3,(H2,22,24,26,29). The fourth-order valence-corrected chi connectivity index (χ4v) is 3.55. The number of aryl methyl sites for hydroxylation is 1. The monoisotopic (exact) mass is 414 g/mol. The van der Waals surface area contributed by atoms with Crippen molar-refractivity contribution in [2.75, 3.05) is 6.61 Å². The van der Waals surface area contributed by atoms with Crippen molar-refractivity contribution in [2.45, 2.75) is 51.0 Å². The Labute approximate surface area is 173 Å². The van der Waals surface area contributed by atoms with Crippen molar-refractivity contribution >= 4 is 28.8 Å². The third-order valence-corrected chi connectivity index (χ3v) is 5.19. The molecule has 3 amide bonds. The molecular weight excluding hydrogens is 388 g/mol. The average Bonchev–Trinajstić information content (AvgIpc) is 2.74. The van der Waals surface area contributed by atoms with Gasteiger partial charge in [-0.05, 0) is 25.0 Å². The molecule has 1 aromatic carbocycles. The van der Waals surface area contributed by atoms with Crippen molar-refractivity contribution in [3.63, 3.8) is 0 Å². The highest BCUT2D eigenvalue weighted by atomic mass is 16.5. The number of hydrogen-bond donors (Lipinski definition) is 2. The molecule has 0 spiro atoms. The lowest BCUT2D eigenvalue weighted by molar-refractivity contribution is -0.148. The van der Waals surface area contributed by atoms with E-state index < -0.39 is 24.5 Å². The van der Waals surface area contributed by atoms with Crippen LogP contribution in [0.1, 0.15) is 44.3 Å². The number of nitrogens with zero attached hydrogens (tertiary/aromatic N) is 2. The van der Waals surface area contributed by atoms with Gasteiger partial charge in [0.2, 0.25) is 0 Å². The molecule has 1 fully saturated rings. The zero-order valence-corrected chi connectivity index (χ0v) is 17.0. The van der Waals surface area contributed by atoms with Gasteiger partial charge in [0, 0.05) is 19.5 Å². The third kappa shape index (κ3) is 5.65. The lowest BCUT2D eigenvalue weighted by Crippen LogP contribution is -2.46. The third-order valence-electron chi connectivity index (χ3n) is 5.19. The number of para-hydroxylation sites is 1. The van der Waals surface area contributed by atoms with E-state index >= 15 is 0 Å². The van der Waals surface area contributed by atoms with Crippen molar-refractivity contribution in [2.24, 2.45) is 7.05 Å². The highest BCUT2D eigenvalue weighted by Gasteiger charge is 2.18. The van der Waals surface area contributed by atoms with E-state index in [1.165, 1.54) is 4.57 Å². The Kier molecular flexibility index (Phi) is 7.16. The summed E-state index contributed by atoms with van der Waals surface area (Å²) in [7, 11) is 1.60. The number of esters is 1. The van der Waals surface area contributed by atoms with E-state index in [0.29, 0.717) is 16.7 Å². The van der Waals surface area contributed by atoms with Crippen molar-refractivity contribution < 1.29 is 19.1 Å². The summed E-state index contributed by atoms with van der Waals surface area (Å²) in [6.07, 6.45) is 5.25. The van der Waals surface area contributed by atoms with Gasteiger partial charge in [0.1, 0.15) is 5.82 Å². The van der Waals surface area contributed by atoms with Crippen LogP contribution in [0.25, 0.3) is 10.9 Å². The summed E-state index contributed by atoms with van der Waals surface area (Å²) in [4.78, 5) is 52.4. The first-order valence-corrected chi connectivity index (χ1v) is 10.1. The number of urea groups is 1. The van der Waals surface area contributed by atoms with E-state index in [1.54, 1.807) is 31.3 Å². The number of ether oxygens (including phenoxy) is 1. The average molecular weight is 414 g/mol. The SMILES string of the molecule is Cn1c(CCC(=O)OCC(=O)NC(=O)NC2CCCCC2)nc2ccccc2c1=O. The van der Waals surface area contributed by atoms with Crippen LogP contribution < -0.4 is 16.2 Å². The minimum absolute atomic E-state index is 0.0415. The summed E-state index contributed by atoms with van der Waals surface area (Å²) in [6.45, 7) is -0.541. The Morgan fingerprint density at radius 1 is 1.17 bits per heavy atom. The molecule has 9 nitrogen and oxygen atoms in total. The van der Waals surface area contributed by atoms with Crippen molar-refractivity contribution in [3.8, 4) is 0 Å². The Bertz CT molecular complexity index is 995. The highest BCUT2D eigenvalue weighted by molar-refractivity contribution is 5.95. The van der Waals surface area contributed by atoms with E-state index in [9.17, 15) is 19.2 Å². The molecule has 1 aliphatic rings. The van der Waals surface area contributed by atoms with E-state index in [4.69, 9.17) is 4.74 Å². The maximum absolute atomic E-state index is 12.4. The predicted octanol–water partition coefficient (Wildman–Crippen LogP) is 1.57. The minimum Gasteiger partial charge on any atom is -0.456 e. The summed E-state index contributed by atoms with van der Waals surface area (Å²) in [5.74, 6) is -0.847. The molecule has 2 N–H and O–H groups in total. The molecule has 30 heavy (non-hydrogen) atoms. The minimum atomic E-state index is -0.687. The normalized spacial score (nSPS) is 14.3. The number of carbonyl (C=O) groups is 3. The predicted molar refractivity (Wildman–Crippen MR) is 110 cm³/mol. The van der Waals surface area contributed by atoms with Crippen molar-refractivity contribution in [3.05, 3.63) is 40.4 Å². The number of aromatic nitrogens is 2. The van der Waals surface area contributed by atoms with Crippen molar-refractivity contribution in [1.29, 1.82) is 0 Å². The molecule has 0 aliphatic heterocycles. The number of amides is 3. The van der Waals surface area contributed by atoms with Gasteiger partial charge in [-0.3, -0.25) is 24.3 Å². The number of fused-ring (bicyclic) bond motifs is 1. The zero-order chi connectivity index (χ0) is 21.5. The molecule has 1 heterocycles. The molecule has 1 aromatic heterocycles. The molecule has 1 aliphatic carbocycles. The number of imide groups is 1. The largest absolute Gasteiger partial charge is 0.456 e. The number of hydrogen-bond acceptors (Lipinski definition) is 6.